The summed E-state index contributed by atoms with van der Waals surface area (Å²) in [6.07, 6.45) is 0. The van der Waals surface area contributed by atoms with Crippen LogP contribution in [0.5, 0.6) is 0 Å². The summed E-state index contributed by atoms with van der Waals surface area (Å²) >= 11 is 0.889. The Kier molecular flexibility index (Phi) is 4.58. The van der Waals surface area contributed by atoms with Crippen LogP contribution in [0, 0.1) is 5.82 Å². The van der Waals surface area contributed by atoms with Gasteiger partial charge >= 0.3 is 5.69 Å². The monoisotopic (exact) mass is 390 g/mol. The van der Waals surface area contributed by atoms with Gasteiger partial charge in [0.25, 0.3) is 11.5 Å². The SMILES string of the molecule is O=C(c1snc2c(=O)n(Cc3ccc(F)cc3)c(=O)[nH]c12)N1CCOCC1. The minimum Gasteiger partial charge on any atom is -0.378 e. The normalized spacial score (nSPS) is 14.6. The molecule has 4 rings (SSSR count). The Hall–Kier alpha value is -2.85. The molecule has 1 N–H and O–H groups in total. The molecule has 0 radical (unpaired) electrons. The molecule has 2 aromatic heterocycles. The fraction of sp³-hybridized carbons (Fsp3) is 0.294. The predicted molar refractivity (Wildman–Crippen MR) is 96.7 cm³/mol. The highest BCUT2D eigenvalue weighted by Crippen LogP contribution is 2.19. The van der Waals surface area contributed by atoms with Crippen molar-refractivity contribution in [2.24, 2.45) is 0 Å². The van der Waals surface area contributed by atoms with Gasteiger partial charge in [0.05, 0.1) is 25.3 Å². The van der Waals surface area contributed by atoms with E-state index in [1.165, 1.54) is 24.3 Å². The summed E-state index contributed by atoms with van der Waals surface area (Å²) < 4.78 is 23.3. The van der Waals surface area contributed by atoms with E-state index in [1.54, 1.807) is 4.90 Å². The number of halogens is 1. The third-order valence-corrected chi connectivity index (χ3v) is 5.20. The molecule has 3 heterocycles. The van der Waals surface area contributed by atoms with E-state index in [1.807, 2.05) is 0 Å². The van der Waals surface area contributed by atoms with Crippen LogP contribution < -0.4 is 11.2 Å². The maximum Gasteiger partial charge on any atom is 0.329 e. The third-order valence-electron chi connectivity index (χ3n) is 4.36. The summed E-state index contributed by atoms with van der Waals surface area (Å²) in [6.45, 7) is 1.77. The van der Waals surface area contributed by atoms with Crippen LogP contribution in [0.1, 0.15) is 15.2 Å². The molecule has 3 aromatic rings. The van der Waals surface area contributed by atoms with Gasteiger partial charge in [0.15, 0.2) is 5.52 Å². The Labute approximate surface area is 156 Å². The van der Waals surface area contributed by atoms with E-state index in [0.717, 1.165) is 16.1 Å². The number of aromatic nitrogens is 3. The number of morpholine rings is 1. The van der Waals surface area contributed by atoms with Crippen molar-refractivity contribution in [1.29, 1.82) is 0 Å². The molecule has 0 spiro atoms. The molecule has 1 aromatic carbocycles. The molecule has 1 fully saturated rings. The summed E-state index contributed by atoms with van der Waals surface area (Å²) in [6, 6.07) is 5.52. The van der Waals surface area contributed by atoms with Gasteiger partial charge in [-0.25, -0.2) is 9.18 Å². The third kappa shape index (κ3) is 3.28. The number of hydrogen-bond acceptors (Lipinski definition) is 6. The van der Waals surface area contributed by atoms with Crippen molar-refractivity contribution >= 4 is 28.5 Å². The second-order valence-electron chi connectivity index (χ2n) is 6.09. The second-order valence-corrected chi connectivity index (χ2v) is 6.86. The number of H-pyrrole nitrogens is 1. The van der Waals surface area contributed by atoms with Crippen molar-refractivity contribution in [3.8, 4) is 0 Å². The van der Waals surface area contributed by atoms with Crippen molar-refractivity contribution in [2.45, 2.75) is 6.54 Å². The van der Waals surface area contributed by atoms with E-state index in [4.69, 9.17) is 4.74 Å². The molecule has 0 bridgehead atoms. The molecule has 10 heteroatoms. The highest BCUT2D eigenvalue weighted by Gasteiger charge is 2.25. The topological polar surface area (TPSA) is 97.3 Å². The predicted octanol–water partition coefficient (Wildman–Crippen LogP) is 0.806. The van der Waals surface area contributed by atoms with E-state index in [0.29, 0.717) is 31.9 Å². The van der Waals surface area contributed by atoms with Crippen LogP contribution in [0.25, 0.3) is 11.0 Å². The first-order chi connectivity index (χ1) is 13.0. The van der Waals surface area contributed by atoms with Crippen molar-refractivity contribution in [3.05, 3.63) is 61.4 Å². The Bertz CT molecular complexity index is 1110. The van der Waals surface area contributed by atoms with Crippen molar-refractivity contribution < 1.29 is 13.9 Å². The maximum atomic E-state index is 13.0. The number of rotatable bonds is 3. The van der Waals surface area contributed by atoms with E-state index in [2.05, 4.69) is 9.36 Å². The summed E-state index contributed by atoms with van der Waals surface area (Å²) in [4.78, 5) is 42.3. The lowest BCUT2D eigenvalue weighted by molar-refractivity contribution is 0.0307. The van der Waals surface area contributed by atoms with E-state index in [-0.39, 0.29) is 28.4 Å². The number of ether oxygens (including phenoxy) is 1. The molecule has 8 nitrogen and oxygen atoms in total. The molecule has 0 unspecified atom stereocenters. The van der Waals surface area contributed by atoms with Crippen LogP contribution >= 0.6 is 11.5 Å². The smallest absolute Gasteiger partial charge is 0.329 e. The number of benzene rings is 1. The molecular weight excluding hydrogens is 375 g/mol. The zero-order valence-corrected chi connectivity index (χ0v) is 14.9. The lowest BCUT2D eigenvalue weighted by Gasteiger charge is -2.26. The minimum atomic E-state index is -0.645. The number of aromatic amines is 1. The van der Waals surface area contributed by atoms with Gasteiger partial charge in [0, 0.05) is 13.1 Å². The minimum absolute atomic E-state index is 0.0192. The molecule has 1 aliphatic heterocycles. The van der Waals surface area contributed by atoms with Crippen LogP contribution in [0.15, 0.2) is 33.9 Å². The van der Waals surface area contributed by atoms with E-state index >= 15 is 0 Å². The van der Waals surface area contributed by atoms with Crippen LogP contribution in [-0.2, 0) is 11.3 Å². The first-order valence-electron chi connectivity index (χ1n) is 8.28. The zero-order chi connectivity index (χ0) is 19.0. The van der Waals surface area contributed by atoms with Gasteiger partial charge in [0.2, 0.25) is 0 Å². The number of hydrogen-bond donors (Lipinski definition) is 1. The number of amides is 1. The largest absolute Gasteiger partial charge is 0.378 e. The fourth-order valence-corrected chi connectivity index (χ4v) is 3.72. The molecule has 1 saturated heterocycles. The summed E-state index contributed by atoms with van der Waals surface area (Å²) in [5.41, 5.74) is -0.438. The number of nitrogens with one attached hydrogen (secondary N) is 1. The maximum absolute atomic E-state index is 13.0. The van der Waals surface area contributed by atoms with Gasteiger partial charge in [-0.05, 0) is 29.2 Å². The van der Waals surface area contributed by atoms with Crippen LogP contribution in [0.3, 0.4) is 0 Å². The fourth-order valence-electron chi connectivity index (χ4n) is 2.92. The average molecular weight is 390 g/mol. The number of nitrogens with zero attached hydrogens (tertiary/aromatic N) is 3. The van der Waals surface area contributed by atoms with Gasteiger partial charge in [-0.3, -0.25) is 14.2 Å². The van der Waals surface area contributed by atoms with Crippen LogP contribution in [0.4, 0.5) is 4.39 Å². The van der Waals surface area contributed by atoms with Crippen LogP contribution in [-0.4, -0.2) is 51.0 Å². The molecule has 1 amide bonds. The summed E-state index contributed by atoms with van der Waals surface area (Å²) in [5.74, 6) is -0.682. The van der Waals surface area contributed by atoms with Crippen LogP contribution in [0.2, 0.25) is 0 Å². The lowest BCUT2D eigenvalue weighted by Crippen LogP contribution is -2.40. The summed E-state index contributed by atoms with van der Waals surface area (Å²) in [5, 5.41) is 0. The Balaban J connectivity index is 1.73. The van der Waals surface area contributed by atoms with E-state index < -0.39 is 17.1 Å². The second kappa shape index (κ2) is 7.05. The first-order valence-corrected chi connectivity index (χ1v) is 9.06. The average Bonchev–Trinajstić information content (AvgIpc) is 3.10. The van der Waals surface area contributed by atoms with Gasteiger partial charge in [-0.2, -0.15) is 4.37 Å². The van der Waals surface area contributed by atoms with E-state index in [9.17, 15) is 18.8 Å². The van der Waals surface area contributed by atoms with Crippen molar-refractivity contribution in [1.82, 2.24) is 18.8 Å². The van der Waals surface area contributed by atoms with Gasteiger partial charge < -0.3 is 14.6 Å². The van der Waals surface area contributed by atoms with Gasteiger partial charge in [-0.1, -0.05) is 12.1 Å². The highest BCUT2D eigenvalue weighted by atomic mass is 32.1. The lowest BCUT2D eigenvalue weighted by atomic mass is 10.2. The molecule has 140 valence electrons. The zero-order valence-electron chi connectivity index (χ0n) is 14.1. The Morgan fingerprint density at radius 1 is 1.22 bits per heavy atom. The standard InChI is InChI=1S/C17H15FN4O4S/c18-11-3-1-10(2-4-11)9-22-15(23)13-12(19-17(22)25)14(27-20-13)16(24)21-5-7-26-8-6-21/h1-4H,5-9H2,(H,19,25). The highest BCUT2D eigenvalue weighted by molar-refractivity contribution is 7.09. The van der Waals surface area contributed by atoms with Gasteiger partial charge in [0.1, 0.15) is 10.7 Å². The van der Waals surface area contributed by atoms with Gasteiger partial charge in [-0.15, -0.1) is 0 Å². The number of carbonyl (C=O) groups is 1. The summed E-state index contributed by atoms with van der Waals surface area (Å²) in [7, 11) is 0. The first kappa shape index (κ1) is 17.6. The van der Waals surface area contributed by atoms with Crippen molar-refractivity contribution in [3.63, 3.8) is 0 Å². The number of fused-ring (bicyclic) bond motifs is 1. The Morgan fingerprint density at radius 3 is 2.63 bits per heavy atom. The molecule has 1 aliphatic rings. The molecule has 0 saturated carbocycles. The number of carbonyl (C=O) groups excluding carboxylic acids is 1. The molecule has 0 aliphatic carbocycles. The molecule has 27 heavy (non-hydrogen) atoms. The van der Waals surface area contributed by atoms with Crippen molar-refractivity contribution in [2.75, 3.05) is 26.3 Å². The molecule has 0 atom stereocenters. The molecular formula is C17H15FN4O4S. The Morgan fingerprint density at radius 2 is 1.93 bits per heavy atom. The quantitative estimate of drug-likeness (QED) is 0.714.